The van der Waals surface area contributed by atoms with Gasteiger partial charge in [-0.2, -0.15) is 13.2 Å². The van der Waals surface area contributed by atoms with Gasteiger partial charge in [0, 0.05) is 18.8 Å². The fourth-order valence-corrected chi connectivity index (χ4v) is 1.53. The molecule has 1 rings (SSSR count). The Hall–Kier alpha value is -1.23. The predicted molar refractivity (Wildman–Crippen MR) is 63.1 cm³/mol. The lowest BCUT2D eigenvalue weighted by molar-refractivity contribution is -0.144. The molecule has 0 saturated heterocycles. The van der Waals surface area contributed by atoms with Crippen LogP contribution in [-0.4, -0.2) is 12.1 Å². The Balaban J connectivity index is 2.38. The van der Waals surface area contributed by atoms with Crippen molar-refractivity contribution in [2.75, 3.05) is 0 Å². The Labute approximate surface area is 108 Å². The van der Waals surface area contributed by atoms with Crippen molar-refractivity contribution in [1.29, 1.82) is 0 Å². The summed E-state index contributed by atoms with van der Waals surface area (Å²) in [4.78, 5) is 11.2. The van der Waals surface area contributed by atoms with E-state index in [9.17, 15) is 18.0 Å². The normalized spacial score (nSPS) is 11.3. The Morgan fingerprint density at radius 1 is 1.28 bits per heavy atom. The van der Waals surface area contributed by atoms with Gasteiger partial charge in [0.05, 0.1) is 6.42 Å². The molecular formula is C12H13ClF3NO. The summed E-state index contributed by atoms with van der Waals surface area (Å²) in [6.07, 6.45) is -5.94. The van der Waals surface area contributed by atoms with Crippen molar-refractivity contribution in [3.05, 3.63) is 35.4 Å². The number of carbonyl (C=O) groups excluding carboxylic acids is 1. The number of halogens is 4. The molecule has 0 unspecified atom stereocenters. The van der Waals surface area contributed by atoms with E-state index < -0.39 is 24.9 Å². The van der Waals surface area contributed by atoms with Gasteiger partial charge in [-0.1, -0.05) is 24.3 Å². The Morgan fingerprint density at radius 2 is 1.94 bits per heavy atom. The summed E-state index contributed by atoms with van der Waals surface area (Å²) in [5.74, 6) is -0.251. The lowest BCUT2D eigenvalue weighted by Crippen LogP contribution is -2.24. The number of hydrogen-bond acceptors (Lipinski definition) is 1. The molecule has 1 N–H and O–H groups in total. The van der Waals surface area contributed by atoms with Crippen LogP contribution < -0.4 is 5.32 Å². The average Bonchev–Trinajstić information content (AvgIpc) is 2.33. The van der Waals surface area contributed by atoms with E-state index in [4.69, 9.17) is 11.6 Å². The summed E-state index contributed by atoms with van der Waals surface area (Å²) < 4.78 is 35.6. The first-order chi connectivity index (χ1) is 8.40. The molecule has 0 fully saturated rings. The van der Waals surface area contributed by atoms with Crippen LogP contribution in [0.1, 0.15) is 24.0 Å². The van der Waals surface area contributed by atoms with Crippen molar-refractivity contribution < 1.29 is 18.0 Å². The zero-order valence-electron chi connectivity index (χ0n) is 9.56. The van der Waals surface area contributed by atoms with E-state index in [1.54, 1.807) is 18.2 Å². The number of rotatable bonds is 5. The number of alkyl halides is 4. The molecule has 0 aromatic heterocycles. The molecule has 1 aromatic rings. The van der Waals surface area contributed by atoms with Gasteiger partial charge >= 0.3 is 6.18 Å². The summed E-state index contributed by atoms with van der Waals surface area (Å²) in [5.41, 5.74) is 1.72. The summed E-state index contributed by atoms with van der Waals surface area (Å²) >= 11 is 5.65. The quantitative estimate of drug-likeness (QED) is 0.823. The van der Waals surface area contributed by atoms with E-state index in [-0.39, 0.29) is 6.54 Å². The highest BCUT2D eigenvalue weighted by Crippen LogP contribution is 2.21. The molecule has 0 aliphatic carbocycles. The molecule has 0 heterocycles. The monoisotopic (exact) mass is 279 g/mol. The van der Waals surface area contributed by atoms with Gasteiger partial charge in [0.15, 0.2) is 0 Å². The first kappa shape index (κ1) is 14.8. The van der Waals surface area contributed by atoms with Crippen molar-refractivity contribution in [1.82, 2.24) is 5.32 Å². The number of nitrogens with one attached hydrogen (secondary N) is 1. The lowest BCUT2D eigenvalue weighted by atomic mass is 10.1. The molecule has 1 amide bonds. The standard InChI is InChI=1S/C12H13ClF3NO/c13-7-9-2-1-3-10(6-9)8-17-11(18)4-5-12(14,15)16/h1-3,6H,4-5,7-8H2,(H,17,18). The second-order valence-corrected chi connectivity index (χ2v) is 4.11. The van der Waals surface area contributed by atoms with E-state index in [1.807, 2.05) is 6.07 Å². The maximum Gasteiger partial charge on any atom is 0.389 e. The molecule has 0 aliphatic heterocycles. The van der Waals surface area contributed by atoms with Crippen LogP contribution in [0.5, 0.6) is 0 Å². The fraction of sp³-hybridized carbons (Fsp3) is 0.417. The Bertz CT molecular complexity index is 407. The van der Waals surface area contributed by atoms with Crippen molar-refractivity contribution in [3.63, 3.8) is 0 Å². The van der Waals surface area contributed by atoms with Crippen molar-refractivity contribution in [2.45, 2.75) is 31.4 Å². The highest BCUT2D eigenvalue weighted by molar-refractivity contribution is 6.17. The topological polar surface area (TPSA) is 29.1 Å². The van der Waals surface area contributed by atoms with Crippen LogP contribution in [0.4, 0.5) is 13.2 Å². The van der Waals surface area contributed by atoms with Crippen LogP contribution in [-0.2, 0) is 17.2 Å². The van der Waals surface area contributed by atoms with Crippen molar-refractivity contribution in [2.24, 2.45) is 0 Å². The van der Waals surface area contributed by atoms with E-state index in [0.29, 0.717) is 5.88 Å². The van der Waals surface area contributed by atoms with Crippen LogP contribution in [0.2, 0.25) is 0 Å². The molecule has 18 heavy (non-hydrogen) atoms. The highest BCUT2D eigenvalue weighted by Gasteiger charge is 2.27. The molecule has 0 aliphatic rings. The molecule has 0 atom stereocenters. The van der Waals surface area contributed by atoms with E-state index >= 15 is 0 Å². The molecule has 100 valence electrons. The SMILES string of the molecule is O=C(CCC(F)(F)F)NCc1cccc(CCl)c1. The second-order valence-electron chi connectivity index (χ2n) is 3.85. The number of benzene rings is 1. The molecule has 0 spiro atoms. The second kappa shape index (κ2) is 6.64. The number of hydrogen-bond donors (Lipinski definition) is 1. The fourth-order valence-electron chi connectivity index (χ4n) is 1.37. The largest absolute Gasteiger partial charge is 0.389 e. The molecule has 0 bridgehead atoms. The average molecular weight is 280 g/mol. The zero-order valence-corrected chi connectivity index (χ0v) is 10.3. The summed E-state index contributed by atoms with van der Waals surface area (Å²) in [6, 6.07) is 7.20. The van der Waals surface area contributed by atoms with E-state index in [1.165, 1.54) is 0 Å². The van der Waals surface area contributed by atoms with Crippen molar-refractivity contribution >= 4 is 17.5 Å². The van der Waals surface area contributed by atoms with Crippen LogP contribution in [0.25, 0.3) is 0 Å². The minimum absolute atomic E-state index is 0.210. The minimum Gasteiger partial charge on any atom is -0.352 e. The van der Waals surface area contributed by atoms with Gasteiger partial charge in [0.1, 0.15) is 0 Å². The van der Waals surface area contributed by atoms with Gasteiger partial charge in [0.25, 0.3) is 0 Å². The van der Waals surface area contributed by atoms with Gasteiger partial charge in [-0.05, 0) is 11.1 Å². The third-order valence-electron chi connectivity index (χ3n) is 2.27. The Kier molecular flexibility index (Phi) is 5.47. The third-order valence-corrected chi connectivity index (χ3v) is 2.58. The first-order valence-electron chi connectivity index (χ1n) is 5.38. The van der Waals surface area contributed by atoms with Gasteiger partial charge in [-0.25, -0.2) is 0 Å². The lowest BCUT2D eigenvalue weighted by Gasteiger charge is -2.08. The summed E-state index contributed by atoms with van der Waals surface area (Å²) in [6.45, 7) is 0.210. The van der Waals surface area contributed by atoms with Gasteiger partial charge in [0.2, 0.25) is 5.91 Å². The number of carbonyl (C=O) groups is 1. The summed E-state index contributed by atoms with van der Waals surface area (Å²) in [7, 11) is 0. The van der Waals surface area contributed by atoms with Gasteiger partial charge in [-0.3, -0.25) is 4.79 Å². The molecule has 2 nitrogen and oxygen atoms in total. The van der Waals surface area contributed by atoms with E-state index in [2.05, 4.69) is 5.32 Å². The first-order valence-corrected chi connectivity index (χ1v) is 5.91. The van der Waals surface area contributed by atoms with Crippen LogP contribution >= 0.6 is 11.6 Å². The van der Waals surface area contributed by atoms with E-state index in [0.717, 1.165) is 11.1 Å². The van der Waals surface area contributed by atoms with Crippen LogP contribution in [0.3, 0.4) is 0 Å². The molecule has 0 radical (unpaired) electrons. The van der Waals surface area contributed by atoms with Crippen LogP contribution in [0, 0.1) is 0 Å². The van der Waals surface area contributed by atoms with Crippen LogP contribution in [0.15, 0.2) is 24.3 Å². The zero-order chi connectivity index (χ0) is 13.6. The predicted octanol–water partition coefficient (Wildman–Crippen LogP) is 3.38. The highest BCUT2D eigenvalue weighted by atomic mass is 35.5. The maximum atomic E-state index is 11.9. The summed E-state index contributed by atoms with van der Waals surface area (Å²) in [5, 5.41) is 2.44. The Morgan fingerprint density at radius 3 is 2.56 bits per heavy atom. The van der Waals surface area contributed by atoms with Gasteiger partial charge in [-0.15, -0.1) is 11.6 Å². The molecule has 0 saturated carbocycles. The van der Waals surface area contributed by atoms with Crippen molar-refractivity contribution in [3.8, 4) is 0 Å². The smallest absolute Gasteiger partial charge is 0.352 e. The minimum atomic E-state index is -4.30. The third kappa shape index (κ3) is 5.91. The van der Waals surface area contributed by atoms with Gasteiger partial charge < -0.3 is 5.32 Å². The molecular weight excluding hydrogens is 267 g/mol. The number of amides is 1. The molecule has 6 heteroatoms. The maximum absolute atomic E-state index is 11.9. The molecule has 1 aromatic carbocycles.